The molecule has 1 fully saturated rings. The van der Waals surface area contributed by atoms with Crippen LogP contribution in [0.2, 0.25) is 0 Å². The number of carbonyl (C=O) groups is 1. The Balaban J connectivity index is 2.67. The number of piperidine rings is 1. The number of nitrogens with one attached hydrogen (secondary N) is 1. The average molecular weight is 269 g/mol. The molecule has 0 aromatic carbocycles. The fraction of sp³-hybridized carbons (Fsp3) is 0.933. The Morgan fingerprint density at radius 2 is 2.00 bits per heavy atom. The van der Waals surface area contributed by atoms with Crippen LogP contribution in [0.15, 0.2) is 0 Å². The maximum absolute atomic E-state index is 12.4. The van der Waals surface area contributed by atoms with E-state index in [0.717, 1.165) is 19.3 Å². The molecule has 4 nitrogen and oxygen atoms in total. The van der Waals surface area contributed by atoms with Crippen LogP contribution in [0.4, 0.5) is 0 Å². The van der Waals surface area contributed by atoms with E-state index in [9.17, 15) is 4.79 Å². The number of carbonyl (C=O) groups excluding carboxylic acids is 1. The van der Waals surface area contributed by atoms with Gasteiger partial charge in [0.15, 0.2) is 0 Å². The van der Waals surface area contributed by atoms with Crippen LogP contribution in [0, 0.1) is 0 Å². The molecule has 112 valence electrons. The van der Waals surface area contributed by atoms with Crippen molar-refractivity contribution in [3.63, 3.8) is 0 Å². The predicted octanol–water partition coefficient (Wildman–Crippen LogP) is 1.88. The van der Waals surface area contributed by atoms with Gasteiger partial charge in [-0.1, -0.05) is 20.3 Å². The van der Waals surface area contributed by atoms with Gasteiger partial charge in [-0.25, -0.2) is 0 Å². The van der Waals surface area contributed by atoms with Gasteiger partial charge in [-0.15, -0.1) is 0 Å². The molecule has 3 N–H and O–H groups in total. The first kappa shape index (κ1) is 16.4. The Bertz CT molecular complexity index is 279. The van der Waals surface area contributed by atoms with E-state index in [-0.39, 0.29) is 11.9 Å². The monoisotopic (exact) mass is 269 g/mol. The standard InChI is InChI=1S/C15H31N3O/c1-5-13(6-2)17-15(19)12(4)18-11(3)8-7-9-14(18)10-16/h11-14H,5-10,16H2,1-4H3,(H,17,19). The second-order valence-electron chi connectivity index (χ2n) is 5.81. The molecule has 0 spiro atoms. The van der Waals surface area contributed by atoms with Crippen molar-refractivity contribution >= 4 is 5.91 Å². The maximum atomic E-state index is 12.4. The summed E-state index contributed by atoms with van der Waals surface area (Å²) in [5.74, 6) is 0.154. The molecule has 0 saturated carbocycles. The van der Waals surface area contributed by atoms with Crippen LogP contribution in [0.1, 0.15) is 59.8 Å². The quantitative estimate of drug-likeness (QED) is 0.774. The lowest BCUT2D eigenvalue weighted by Gasteiger charge is -2.43. The van der Waals surface area contributed by atoms with Crippen molar-refractivity contribution in [3.05, 3.63) is 0 Å². The number of nitrogens with zero attached hydrogens (tertiary/aromatic N) is 1. The Morgan fingerprint density at radius 3 is 2.53 bits per heavy atom. The van der Waals surface area contributed by atoms with Gasteiger partial charge in [-0.05, 0) is 39.5 Å². The molecule has 1 saturated heterocycles. The minimum Gasteiger partial charge on any atom is -0.352 e. The normalized spacial score (nSPS) is 26.4. The largest absolute Gasteiger partial charge is 0.352 e. The lowest BCUT2D eigenvalue weighted by Crippen LogP contribution is -2.58. The van der Waals surface area contributed by atoms with Crippen molar-refractivity contribution in [1.29, 1.82) is 0 Å². The van der Waals surface area contributed by atoms with E-state index >= 15 is 0 Å². The third kappa shape index (κ3) is 4.18. The van der Waals surface area contributed by atoms with Gasteiger partial charge in [0, 0.05) is 24.7 Å². The molecule has 1 aliphatic heterocycles. The minimum absolute atomic E-state index is 0.0792. The van der Waals surface area contributed by atoms with Crippen molar-refractivity contribution in [2.24, 2.45) is 5.73 Å². The van der Waals surface area contributed by atoms with Crippen molar-refractivity contribution in [2.75, 3.05) is 6.54 Å². The highest BCUT2D eigenvalue weighted by atomic mass is 16.2. The molecule has 0 aliphatic carbocycles. The summed E-state index contributed by atoms with van der Waals surface area (Å²) in [6, 6.07) is 1.02. The minimum atomic E-state index is -0.0792. The van der Waals surface area contributed by atoms with Crippen molar-refractivity contribution in [3.8, 4) is 0 Å². The third-order valence-electron chi connectivity index (χ3n) is 4.52. The first-order valence-corrected chi connectivity index (χ1v) is 7.82. The number of hydrogen-bond acceptors (Lipinski definition) is 3. The van der Waals surface area contributed by atoms with Crippen LogP contribution >= 0.6 is 0 Å². The second-order valence-corrected chi connectivity index (χ2v) is 5.81. The second kappa shape index (κ2) is 7.85. The molecule has 3 atom stereocenters. The van der Waals surface area contributed by atoms with Crippen LogP contribution in [-0.2, 0) is 4.79 Å². The number of rotatable bonds is 6. The molecule has 1 amide bonds. The van der Waals surface area contributed by atoms with E-state index in [1.165, 1.54) is 12.8 Å². The van der Waals surface area contributed by atoms with E-state index in [2.05, 4.69) is 31.0 Å². The molecule has 1 rings (SSSR count). The summed E-state index contributed by atoms with van der Waals surface area (Å²) >= 11 is 0. The number of hydrogen-bond donors (Lipinski definition) is 2. The lowest BCUT2D eigenvalue weighted by atomic mass is 9.94. The molecular formula is C15H31N3O. The summed E-state index contributed by atoms with van der Waals surface area (Å²) in [6.45, 7) is 9.11. The Hall–Kier alpha value is -0.610. The van der Waals surface area contributed by atoms with Crippen molar-refractivity contribution in [1.82, 2.24) is 10.2 Å². The highest BCUT2D eigenvalue weighted by molar-refractivity contribution is 5.81. The molecule has 0 aromatic heterocycles. The number of amides is 1. The molecular weight excluding hydrogens is 238 g/mol. The van der Waals surface area contributed by atoms with Gasteiger partial charge in [0.25, 0.3) is 0 Å². The summed E-state index contributed by atoms with van der Waals surface area (Å²) in [5.41, 5.74) is 5.87. The zero-order valence-electron chi connectivity index (χ0n) is 13.0. The molecule has 0 radical (unpaired) electrons. The highest BCUT2D eigenvalue weighted by Crippen LogP contribution is 2.24. The molecule has 4 heteroatoms. The first-order chi connectivity index (χ1) is 9.04. The van der Waals surface area contributed by atoms with E-state index in [1.54, 1.807) is 0 Å². The smallest absolute Gasteiger partial charge is 0.237 e. The topological polar surface area (TPSA) is 58.4 Å². The van der Waals surface area contributed by atoms with Gasteiger partial charge in [-0.3, -0.25) is 9.69 Å². The molecule has 0 aromatic rings. The maximum Gasteiger partial charge on any atom is 0.237 e. The molecule has 19 heavy (non-hydrogen) atoms. The zero-order valence-corrected chi connectivity index (χ0v) is 13.0. The van der Waals surface area contributed by atoms with E-state index < -0.39 is 0 Å². The zero-order chi connectivity index (χ0) is 14.4. The SMILES string of the molecule is CCC(CC)NC(=O)C(C)N1C(C)CCCC1CN. The molecule has 1 aliphatic rings. The predicted molar refractivity (Wildman–Crippen MR) is 80.0 cm³/mol. The number of nitrogens with two attached hydrogens (primary N) is 1. The fourth-order valence-corrected chi connectivity index (χ4v) is 3.19. The summed E-state index contributed by atoms with van der Waals surface area (Å²) in [7, 11) is 0. The Morgan fingerprint density at radius 1 is 1.37 bits per heavy atom. The van der Waals surface area contributed by atoms with Crippen LogP contribution in [0.3, 0.4) is 0 Å². The Kier molecular flexibility index (Phi) is 6.80. The summed E-state index contributed by atoms with van der Waals surface area (Å²) in [6.07, 6.45) is 5.48. The van der Waals surface area contributed by atoms with Gasteiger partial charge < -0.3 is 11.1 Å². The molecule has 1 heterocycles. The van der Waals surface area contributed by atoms with Gasteiger partial charge >= 0.3 is 0 Å². The first-order valence-electron chi connectivity index (χ1n) is 7.82. The molecule has 3 unspecified atom stereocenters. The lowest BCUT2D eigenvalue weighted by molar-refractivity contribution is -0.129. The van der Waals surface area contributed by atoms with Gasteiger partial charge in [0.05, 0.1) is 6.04 Å². The van der Waals surface area contributed by atoms with Gasteiger partial charge in [0.1, 0.15) is 0 Å². The highest BCUT2D eigenvalue weighted by Gasteiger charge is 2.34. The summed E-state index contributed by atoms with van der Waals surface area (Å²) in [5, 5.41) is 3.16. The third-order valence-corrected chi connectivity index (χ3v) is 4.52. The Labute approximate surface area is 118 Å². The van der Waals surface area contributed by atoms with Crippen LogP contribution in [-0.4, -0.2) is 41.5 Å². The van der Waals surface area contributed by atoms with Crippen molar-refractivity contribution in [2.45, 2.75) is 84.0 Å². The average Bonchev–Trinajstić information content (AvgIpc) is 2.43. The summed E-state index contributed by atoms with van der Waals surface area (Å²) < 4.78 is 0. The van der Waals surface area contributed by atoms with Crippen molar-refractivity contribution < 1.29 is 4.79 Å². The van der Waals surface area contributed by atoms with E-state index in [4.69, 9.17) is 5.73 Å². The molecule has 0 bridgehead atoms. The van der Waals surface area contributed by atoms with Crippen LogP contribution in [0.5, 0.6) is 0 Å². The van der Waals surface area contributed by atoms with Gasteiger partial charge in [-0.2, -0.15) is 0 Å². The fourth-order valence-electron chi connectivity index (χ4n) is 3.19. The summed E-state index contributed by atoms with van der Waals surface area (Å²) in [4.78, 5) is 14.7. The van der Waals surface area contributed by atoms with Crippen LogP contribution in [0.25, 0.3) is 0 Å². The van der Waals surface area contributed by atoms with Gasteiger partial charge in [0.2, 0.25) is 5.91 Å². The number of likely N-dealkylation sites (tertiary alicyclic amines) is 1. The van der Waals surface area contributed by atoms with Crippen LogP contribution < -0.4 is 11.1 Å². The van der Waals surface area contributed by atoms with E-state index in [0.29, 0.717) is 24.7 Å². The van der Waals surface area contributed by atoms with E-state index in [1.807, 2.05) is 6.92 Å².